The third-order valence-corrected chi connectivity index (χ3v) is 2.25. The number of rotatable bonds is 8. The second kappa shape index (κ2) is 8.17. The third-order valence-electron chi connectivity index (χ3n) is 2.25. The van der Waals surface area contributed by atoms with Gasteiger partial charge in [0.25, 0.3) is 0 Å². The molecule has 1 saturated heterocycles. The lowest BCUT2D eigenvalue weighted by Crippen LogP contribution is -2.32. The quantitative estimate of drug-likeness (QED) is 0.580. The van der Waals surface area contributed by atoms with Crippen LogP contribution in [-0.2, 0) is 14.2 Å². The van der Waals surface area contributed by atoms with Crippen molar-refractivity contribution in [1.29, 1.82) is 0 Å². The van der Waals surface area contributed by atoms with E-state index in [1.165, 1.54) is 0 Å². The summed E-state index contributed by atoms with van der Waals surface area (Å²) >= 11 is 0. The van der Waals surface area contributed by atoms with E-state index in [2.05, 4.69) is 5.32 Å². The molecular weight excluding hydrogens is 182 g/mol. The summed E-state index contributed by atoms with van der Waals surface area (Å²) in [7, 11) is 1.71. The van der Waals surface area contributed by atoms with Gasteiger partial charge in [0.15, 0.2) is 0 Å². The summed E-state index contributed by atoms with van der Waals surface area (Å²) in [5, 5.41) is 3.39. The molecule has 0 aromatic rings. The zero-order valence-electron chi connectivity index (χ0n) is 8.96. The van der Waals surface area contributed by atoms with Gasteiger partial charge in [0.2, 0.25) is 0 Å². The highest BCUT2D eigenvalue weighted by Gasteiger charge is 2.13. The Labute approximate surface area is 85.9 Å². The third kappa shape index (κ3) is 5.54. The Bertz CT molecular complexity index is 127. The summed E-state index contributed by atoms with van der Waals surface area (Å²) in [6, 6.07) is 0.539. The largest absolute Gasteiger partial charge is 0.385 e. The highest BCUT2D eigenvalue weighted by atomic mass is 16.5. The van der Waals surface area contributed by atoms with Crippen molar-refractivity contribution < 1.29 is 14.2 Å². The topological polar surface area (TPSA) is 39.7 Å². The van der Waals surface area contributed by atoms with Gasteiger partial charge in [-0.15, -0.1) is 0 Å². The van der Waals surface area contributed by atoms with Crippen LogP contribution in [0.5, 0.6) is 0 Å². The van der Waals surface area contributed by atoms with Crippen LogP contribution in [0.15, 0.2) is 0 Å². The van der Waals surface area contributed by atoms with Crippen molar-refractivity contribution in [2.45, 2.75) is 18.9 Å². The van der Waals surface area contributed by atoms with E-state index in [9.17, 15) is 0 Å². The highest BCUT2D eigenvalue weighted by molar-refractivity contribution is 4.70. The maximum atomic E-state index is 5.41. The minimum absolute atomic E-state index is 0.539. The Morgan fingerprint density at radius 2 is 2.29 bits per heavy atom. The minimum Gasteiger partial charge on any atom is -0.385 e. The predicted molar refractivity (Wildman–Crippen MR) is 54.5 cm³/mol. The molecule has 4 nitrogen and oxygen atoms in total. The van der Waals surface area contributed by atoms with E-state index in [1.54, 1.807) is 7.11 Å². The smallest absolute Gasteiger partial charge is 0.0620 e. The molecule has 1 aliphatic heterocycles. The molecule has 0 saturated carbocycles. The highest BCUT2D eigenvalue weighted by Crippen LogP contribution is 2.02. The lowest BCUT2D eigenvalue weighted by atomic mass is 10.3. The average Bonchev–Trinajstić information content (AvgIpc) is 2.69. The fraction of sp³-hybridized carbons (Fsp3) is 1.00. The lowest BCUT2D eigenvalue weighted by Gasteiger charge is -2.10. The molecule has 1 atom stereocenters. The van der Waals surface area contributed by atoms with Crippen LogP contribution in [0.4, 0.5) is 0 Å². The SMILES string of the molecule is COCCCOCCNC1CCOC1. The van der Waals surface area contributed by atoms with Crippen LogP contribution < -0.4 is 5.32 Å². The Morgan fingerprint density at radius 3 is 3.00 bits per heavy atom. The first kappa shape index (κ1) is 11.9. The molecule has 1 unspecified atom stereocenters. The van der Waals surface area contributed by atoms with E-state index in [1.807, 2.05) is 0 Å². The summed E-state index contributed by atoms with van der Waals surface area (Å²) in [6.45, 7) is 5.01. The molecule has 0 spiro atoms. The summed E-state index contributed by atoms with van der Waals surface area (Å²) < 4.78 is 15.6. The van der Waals surface area contributed by atoms with Gasteiger partial charge in [0, 0.05) is 39.5 Å². The van der Waals surface area contributed by atoms with Crippen LogP contribution in [0, 0.1) is 0 Å². The van der Waals surface area contributed by atoms with Gasteiger partial charge in [0.05, 0.1) is 13.2 Å². The summed E-state index contributed by atoms with van der Waals surface area (Å²) in [4.78, 5) is 0. The van der Waals surface area contributed by atoms with E-state index in [4.69, 9.17) is 14.2 Å². The van der Waals surface area contributed by atoms with Crippen molar-refractivity contribution in [2.24, 2.45) is 0 Å². The van der Waals surface area contributed by atoms with Gasteiger partial charge < -0.3 is 19.5 Å². The maximum Gasteiger partial charge on any atom is 0.0620 e. The normalized spacial score (nSPS) is 21.6. The Balaban J connectivity index is 1.75. The van der Waals surface area contributed by atoms with Crippen LogP contribution in [0.3, 0.4) is 0 Å². The second-order valence-electron chi connectivity index (χ2n) is 3.47. The molecule has 0 bridgehead atoms. The van der Waals surface area contributed by atoms with Crippen molar-refractivity contribution in [2.75, 3.05) is 46.7 Å². The number of hydrogen-bond donors (Lipinski definition) is 1. The van der Waals surface area contributed by atoms with Crippen LogP contribution in [-0.4, -0.2) is 52.7 Å². The van der Waals surface area contributed by atoms with Crippen molar-refractivity contribution >= 4 is 0 Å². The van der Waals surface area contributed by atoms with Crippen molar-refractivity contribution in [1.82, 2.24) is 5.32 Å². The Kier molecular flexibility index (Phi) is 6.95. The maximum absolute atomic E-state index is 5.41. The fourth-order valence-electron chi connectivity index (χ4n) is 1.44. The molecule has 1 N–H and O–H groups in total. The first-order valence-corrected chi connectivity index (χ1v) is 5.31. The molecule has 0 aromatic heterocycles. The zero-order chi connectivity index (χ0) is 10.1. The van der Waals surface area contributed by atoms with Crippen LogP contribution >= 0.6 is 0 Å². The lowest BCUT2D eigenvalue weighted by molar-refractivity contribution is 0.102. The molecule has 4 heteroatoms. The Morgan fingerprint density at radius 1 is 1.36 bits per heavy atom. The van der Waals surface area contributed by atoms with Gasteiger partial charge in [-0.3, -0.25) is 0 Å². The summed E-state index contributed by atoms with van der Waals surface area (Å²) in [5.74, 6) is 0. The fourth-order valence-corrected chi connectivity index (χ4v) is 1.44. The summed E-state index contributed by atoms with van der Waals surface area (Å²) in [6.07, 6.45) is 2.10. The van der Waals surface area contributed by atoms with E-state index in [0.29, 0.717) is 6.04 Å². The van der Waals surface area contributed by atoms with Gasteiger partial charge in [-0.1, -0.05) is 0 Å². The monoisotopic (exact) mass is 203 g/mol. The van der Waals surface area contributed by atoms with Crippen LogP contribution in [0.25, 0.3) is 0 Å². The molecule has 0 aliphatic carbocycles. The van der Waals surface area contributed by atoms with E-state index >= 15 is 0 Å². The number of ether oxygens (including phenoxy) is 3. The first-order chi connectivity index (χ1) is 6.93. The van der Waals surface area contributed by atoms with E-state index in [0.717, 1.165) is 52.4 Å². The van der Waals surface area contributed by atoms with Gasteiger partial charge in [-0.05, 0) is 12.8 Å². The molecule has 1 aliphatic rings. The molecule has 84 valence electrons. The van der Waals surface area contributed by atoms with Gasteiger partial charge in [-0.25, -0.2) is 0 Å². The van der Waals surface area contributed by atoms with E-state index < -0.39 is 0 Å². The van der Waals surface area contributed by atoms with Crippen molar-refractivity contribution in [3.8, 4) is 0 Å². The van der Waals surface area contributed by atoms with Crippen molar-refractivity contribution in [3.05, 3.63) is 0 Å². The van der Waals surface area contributed by atoms with Crippen LogP contribution in [0.1, 0.15) is 12.8 Å². The number of methoxy groups -OCH3 is 1. The number of nitrogens with one attached hydrogen (secondary N) is 1. The summed E-state index contributed by atoms with van der Waals surface area (Å²) in [5.41, 5.74) is 0. The minimum atomic E-state index is 0.539. The van der Waals surface area contributed by atoms with Gasteiger partial charge >= 0.3 is 0 Å². The molecule has 0 amide bonds. The molecule has 1 rings (SSSR count). The first-order valence-electron chi connectivity index (χ1n) is 5.31. The van der Waals surface area contributed by atoms with Crippen LogP contribution in [0.2, 0.25) is 0 Å². The molecular formula is C10H21NO3. The van der Waals surface area contributed by atoms with E-state index in [-0.39, 0.29) is 0 Å². The van der Waals surface area contributed by atoms with Crippen molar-refractivity contribution in [3.63, 3.8) is 0 Å². The molecule has 0 radical (unpaired) electrons. The van der Waals surface area contributed by atoms with Gasteiger partial charge in [0.1, 0.15) is 0 Å². The number of hydrogen-bond acceptors (Lipinski definition) is 4. The molecule has 14 heavy (non-hydrogen) atoms. The standard InChI is InChI=1S/C10H21NO3/c1-12-5-2-6-13-8-4-11-10-3-7-14-9-10/h10-11H,2-9H2,1H3. The van der Waals surface area contributed by atoms with Gasteiger partial charge in [-0.2, -0.15) is 0 Å². The Hall–Kier alpha value is -0.160. The zero-order valence-corrected chi connectivity index (χ0v) is 8.96. The molecule has 1 heterocycles. The molecule has 0 aromatic carbocycles. The predicted octanol–water partition coefficient (Wildman–Crippen LogP) is 0.418. The second-order valence-corrected chi connectivity index (χ2v) is 3.47. The molecule has 1 fully saturated rings. The average molecular weight is 203 g/mol.